The standard InChI is InChI=1S/C5H12N2O/c1-5(8)6-3-2-4-7-5/h6-8H,2-4H2,1H3. The van der Waals surface area contributed by atoms with Crippen molar-refractivity contribution >= 4 is 0 Å². The van der Waals surface area contributed by atoms with Crippen LogP contribution in [0.4, 0.5) is 0 Å². The molecule has 1 aliphatic heterocycles. The van der Waals surface area contributed by atoms with Gasteiger partial charge in [0.25, 0.3) is 0 Å². The Balaban J connectivity index is 2.33. The molecule has 0 aromatic rings. The fourth-order valence-electron chi connectivity index (χ4n) is 0.814. The monoisotopic (exact) mass is 116 g/mol. The third-order valence-corrected chi connectivity index (χ3v) is 1.29. The SMILES string of the molecule is CC1(O)NCCCN1. The summed E-state index contributed by atoms with van der Waals surface area (Å²) in [6, 6.07) is 0. The van der Waals surface area contributed by atoms with Crippen molar-refractivity contribution in [2.45, 2.75) is 19.2 Å². The third-order valence-electron chi connectivity index (χ3n) is 1.29. The minimum absolute atomic E-state index is 0.821. The molecule has 0 aromatic carbocycles. The van der Waals surface area contributed by atoms with Gasteiger partial charge in [-0.25, -0.2) is 0 Å². The quantitative estimate of drug-likeness (QED) is 0.389. The van der Waals surface area contributed by atoms with Crippen LogP contribution in [0.5, 0.6) is 0 Å². The van der Waals surface area contributed by atoms with E-state index in [-0.39, 0.29) is 0 Å². The molecule has 8 heavy (non-hydrogen) atoms. The molecule has 1 heterocycles. The van der Waals surface area contributed by atoms with Gasteiger partial charge in [0, 0.05) is 13.1 Å². The van der Waals surface area contributed by atoms with Crippen LogP contribution in [0, 0.1) is 0 Å². The second-order valence-corrected chi connectivity index (χ2v) is 2.28. The van der Waals surface area contributed by atoms with E-state index >= 15 is 0 Å². The Morgan fingerprint density at radius 1 is 1.38 bits per heavy atom. The first-order valence-electron chi connectivity index (χ1n) is 2.93. The molecule has 0 radical (unpaired) electrons. The topological polar surface area (TPSA) is 44.3 Å². The van der Waals surface area contributed by atoms with Crippen LogP contribution in [-0.2, 0) is 0 Å². The Labute approximate surface area is 49.1 Å². The maximum atomic E-state index is 9.15. The van der Waals surface area contributed by atoms with E-state index in [9.17, 15) is 0 Å². The summed E-state index contributed by atoms with van der Waals surface area (Å²) < 4.78 is 0. The van der Waals surface area contributed by atoms with E-state index in [0.717, 1.165) is 19.5 Å². The van der Waals surface area contributed by atoms with Crippen LogP contribution in [0.25, 0.3) is 0 Å². The number of nitrogens with one attached hydrogen (secondary N) is 2. The zero-order valence-corrected chi connectivity index (χ0v) is 5.07. The maximum absolute atomic E-state index is 9.15. The van der Waals surface area contributed by atoms with Crippen LogP contribution in [0.1, 0.15) is 13.3 Å². The molecule has 0 saturated carbocycles. The third kappa shape index (κ3) is 1.43. The van der Waals surface area contributed by atoms with Gasteiger partial charge in [0.15, 0.2) is 5.85 Å². The van der Waals surface area contributed by atoms with E-state index in [1.807, 2.05) is 0 Å². The molecule has 1 saturated heterocycles. The molecule has 0 bridgehead atoms. The lowest BCUT2D eigenvalue weighted by atomic mass is 10.3. The zero-order valence-electron chi connectivity index (χ0n) is 5.07. The smallest absolute Gasteiger partial charge is 0.168 e. The molecule has 1 aliphatic rings. The van der Waals surface area contributed by atoms with E-state index in [2.05, 4.69) is 10.6 Å². The van der Waals surface area contributed by atoms with Gasteiger partial charge in [-0.05, 0) is 13.3 Å². The van der Waals surface area contributed by atoms with E-state index < -0.39 is 5.85 Å². The van der Waals surface area contributed by atoms with Gasteiger partial charge in [-0.2, -0.15) is 0 Å². The molecule has 3 N–H and O–H groups in total. The van der Waals surface area contributed by atoms with Crippen molar-refractivity contribution in [3.8, 4) is 0 Å². The van der Waals surface area contributed by atoms with Crippen molar-refractivity contribution in [1.29, 1.82) is 0 Å². The molecule has 3 heteroatoms. The molecule has 1 rings (SSSR count). The number of hydrogen-bond donors (Lipinski definition) is 3. The summed E-state index contributed by atoms with van der Waals surface area (Å²) in [6.45, 7) is 3.52. The minimum Gasteiger partial charge on any atom is -0.363 e. The summed E-state index contributed by atoms with van der Waals surface area (Å²) in [5.74, 6) is -0.821. The largest absolute Gasteiger partial charge is 0.363 e. The predicted molar refractivity (Wildman–Crippen MR) is 31.2 cm³/mol. The summed E-state index contributed by atoms with van der Waals surface area (Å²) in [5.41, 5.74) is 0. The van der Waals surface area contributed by atoms with Crippen LogP contribution < -0.4 is 10.6 Å². The van der Waals surface area contributed by atoms with Gasteiger partial charge >= 0.3 is 0 Å². The lowest BCUT2D eigenvalue weighted by molar-refractivity contribution is -0.0230. The molecule has 48 valence electrons. The summed E-state index contributed by atoms with van der Waals surface area (Å²) in [6.07, 6.45) is 1.09. The number of hydrogen-bond acceptors (Lipinski definition) is 3. The van der Waals surface area contributed by atoms with Gasteiger partial charge in [-0.1, -0.05) is 0 Å². The first kappa shape index (κ1) is 6.01. The molecular weight excluding hydrogens is 104 g/mol. The highest BCUT2D eigenvalue weighted by Gasteiger charge is 2.20. The Morgan fingerprint density at radius 3 is 2.12 bits per heavy atom. The molecule has 0 atom stereocenters. The normalized spacial score (nSPS) is 27.8. The van der Waals surface area contributed by atoms with E-state index in [4.69, 9.17) is 5.11 Å². The summed E-state index contributed by atoms with van der Waals surface area (Å²) in [5, 5.41) is 15.0. The van der Waals surface area contributed by atoms with Crippen LogP contribution in [0.15, 0.2) is 0 Å². The number of rotatable bonds is 0. The average molecular weight is 116 g/mol. The summed E-state index contributed by atoms with van der Waals surface area (Å²) in [7, 11) is 0. The zero-order chi connectivity index (χ0) is 6.04. The van der Waals surface area contributed by atoms with Crippen molar-refractivity contribution < 1.29 is 5.11 Å². The van der Waals surface area contributed by atoms with Crippen LogP contribution in [0.3, 0.4) is 0 Å². The maximum Gasteiger partial charge on any atom is 0.168 e. The molecule has 3 nitrogen and oxygen atoms in total. The van der Waals surface area contributed by atoms with Gasteiger partial charge in [-0.3, -0.25) is 10.6 Å². The molecule has 1 fully saturated rings. The Morgan fingerprint density at radius 2 is 1.88 bits per heavy atom. The highest BCUT2D eigenvalue weighted by atomic mass is 16.3. The van der Waals surface area contributed by atoms with Crippen LogP contribution >= 0.6 is 0 Å². The lowest BCUT2D eigenvalue weighted by Crippen LogP contribution is -2.58. The first-order valence-corrected chi connectivity index (χ1v) is 2.93. The van der Waals surface area contributed by atoms with Crippen molar-refractivity contribution in [3.63, 3.8) is 0 Å². The van der Waals surface area contributed by atoms with Gasteiger partial charge in [-0.15, -0.1) is 0 Å². The highest BCUT2D eigenvalue weighted by Crippen LogP contribution is 1.96. The van der Waals surface area contributed by atoms with Crippen LogP contribution in [0.2, 0.25) is 0 Å². The molecule has 0 spiro atoms. The van der Waals surface area contributed by atoms with Crippen LogP contribution in [-0.4, -0.2) is 24.0 Å². The van der Waals surface area contributed by atoms with Gasteiger partial charge in [0.2, 0.25) is 0 Å². The highest BCUT2D eigenvalue weighted by molar-refractivity contribution is 4.71. The summed E-state index contributed by atoms with van der Waals surface area (Å²) in [4.78, 5) is 0. The predicted octanol–water partition coefficient (Wildman–Crippen LogP) is -0.765. The molecule has 0 amide bonds. The fourth-order valence-corrected chi connectivity index (χ4v) is 0.814. The number of aliphatic hydroxyl groups is 1. The van der Waals surface area contributed by atoms with Crippen molar-refractivity contribution in [3.05, 3.63) is 0 Å². The Bertz CT molecular complexity index is 74.5. The second-order valence-electron chi connectivity index (χ2n) is 2.28. The summed E-state index contributed by atoms with van der Waals surface area (Å²) >= 11 is 0. The Hall–Kier alpha value is -0.120. The molecular formula is C5H12N2O. The minimum atomic E-state index is -0.821. The van der Waals surface area contributed by atoms with Crippen molar-refractivity contribution in [2.24, 2.45) is 0 Å². The van der Waals surface area contributed by atoms with Crippen molar-refractivity contribution in [1.82, 2.24) is 10.6 Å². The van der Waals surface area contributed by atoms with Gasteiger partial charge < -0.3 is 5.11 Å². The van der Waals surface area contributed by atoms with Crippen molar-refractivity contribution in [2.75, 3.05) is 13.1 Å². The fraction of sp³-hybridized carbons (Fsp3) is 1.00. The Kier molecular flexibility index (Phi) is 1.51. The van der Waals surface area contributed by atoms with E-state index in [1.165, 1.54) is 0 Å². The second kappa shape index (κ2) is 2.01. The van der Waals surface area contributed by atoms with Gasteiger partial charge in [0.05, 0.1) is 0 Å². The van der Waals surface area contributed by atoms with Gasteiger partial charge in [0.1, 0.15) is 0 Å². The van der Waals surface area contributed by atoms with E-state index in [0.29, 0.717) is 0 Å². The average Bonchev–Trinajstić information content (AvgIpc) is 1.65. The molecule has 0 aromatic heterocycles. The molecule has 0 aliphatic carbocycles. The van der Waals surface area contributed by atoms with E-state index in [1.54, 1.807) is 6.92 Å². The lowest BCUT2D eigenvalue weighted by Gasteiger charge is -2.30. The first-order chi connectivity index (χ1) is 3.71. The molecule has 0 unspecified atom stereocenters.